The molecule has 1 amide bonds. The highest BCUT2D eigenvalue weighted by Gasteiger charge is 2.33. The number of methoxy groups -OCH3 is 1. The molecule has 4 rings (SSSR count). The predicted molar refractivity (Wildman–Crippen MR) is 117 cm³/mol. The maximum absolute atomic E-state index is 13.1. The molecule has 0 radical (unpaired) electrons. The Kier molecular flexibility index (Phi) is 6.06. The van der Waals surface area contributed by atoms with Crippen LogP contribution >= 0.6 is 11.6 Å². The van der Waals surface area contributed by atoms with Crippen molar-refractivity contribution in [3.8, 4) is 11.4 Å². The average Bonchev–Trinajstić information content (AvgIpc) is 3.48. The Morgan fingerprint density at radius 2 is 2.07 bits per heavy atom. The summed E-state index contributed by atoms with van der Waals surface area (Å²) in [6, 6.07) is 13.2. The minimum absolute atomic E-state index is 0.185. The first-order valence-corrected chi connectivity index (χ1v) is 10.3. The van der Waals surface area contributed by atoms with Gasteiger partial charge in [0.2, 0.25) is 0 Å². The quantitative estimate of drug-likeness (QED) is 0.516. The second-order valence-electron chi connectivity index (χ2n) is 7.39. The Morgan fingerprint density at radius 3 is 2.80 bits per heavy atom. The van der Waals surface area contributed by atoms with Crippen molar-refractivity contribution in [1.82, 2.24) is 9.78 Å². The van der Waals surface area contributed by atoms with Crippen LogP contribution in [-0.2, 0) is 4.74 Å². The summed E-state index contributed by atoms with van der Waals surface area (Å²) in [6.45, 7) is 2.91. The molecular weight excluding hydrogens is 402 g/mol. The van der Waals surface area contributed by atoms with Crippen LogP contribution in [0.5, 0.6) is 5.75 Å². The molecule has 1 aromatic heterocycles. The van der Waals surface area contributed by atoms with Gasteiger partial charge in [0.05, 0.1) is 29.7 Å². The molecule has 3 aromatic rings. The molecule has 6 nitrogen and oxygen atoms in total. The van der Waals surface area contributed by atoms with Crippen LogP contribution in [0.3, 0.4) is 0 Å². The number of carbonyl (C=O) groups is 1. The van der Waals surface area contributed by atoms with Crippen molar-refractivity contribution >= 4 is 23.2 Å². The number of nitrogens with one attached hydrogen (secondary N) is 1. The van der Waals surface area contributed by atoms with Crippen molar-refractivity contribution in [3.05, 3.63) is 70.5 Å². The first-order valence-electron chi connectivity index (χ1n) is 9.94. The molecule has 0 unspecified atom stereocenters. The second kappa shape index (κ2) is 8.90. The van der Waals surface area contributed by atoms with E-state index in [1.807, 2.05) is 48.0 Å². The van der Waals surface area contributed by atoms with Gasteiger partial charge in [0.15, 0.2) is 0 Å². The van der Waals surface area contributed by atoms with Crippen molar-refractivity contribution in [2.24, 2.45) is 0 Å². The summed E-state index contributed by atoms with van der Waals surface area (Å²) in [4.78, 5) is 13.1. The Morgan fingerprint density at radius 1 is 1.23 bits per heavy atom. The fraction of sp³-hybridized carbons (Fsp3) is 0.304. The fourth-order valence-corrected chi connectivity index (χ4v) is 3.48. The average molecular weight is 426 g/mol. The van der Waals surface area contributed by atoms with Crippen LogP contribution in [0.2, 0.25) is 5.02 Å². The summed E-state index contributed by atoms with van der Waals surface area (Å²) in [5.41, 5.74) is 4.05. The lowest BCUT2D eigenvalue weighted by Crippen LogP contribution is -2.14. The number of rotatable bonds is 8. The third-order valence-corrected chi connectivity index (χ3v) is 5.47. The van der Waals surface area contributed by atoms with E-state index in [4.69, 9.17) is 21.1 Å². The lowest BCUT2D eigenvalue weighted by Gasteiger charge is -2.11. The van der Waals surface area contributed by atoms with E-state index in [1.54, 1.807) is 19.4 Å². The van der Waals surface area contributed by atoms with Crippen molar-refractivity contribution in [2.75, 3.05) is 25.6 Å². The van der Waals surface area contributed by atoms with Crippen LogP contribution < -0.4 is 10.1 Å². The molecule has 1 heterocycles. The van der Waals surface area contributed by atoms with Gasteiger partial charge in [0, 0.05) is 29.8 Å². The van der Waals surface area contributed by atoms with Crippen molar-refractivity contribution in [2.45, 2.75) is 25.7 Å². The molecule has 0 atom stereocenters. The third-order valence-electron chi connectivity index (χ3n) is 5.06. The van der Waals surface area contributed by atoms with E-state index in [0.29, 0.717) is 41.2 Å². The molecule has 0 spiro atoms. The second-order valence-corrected chi connectivity index (χ2v) is 7.79. The minimum Gasteiger partial charge on any atom is -0.491 e. The number of hydrogen-bond donors (Lipinski definition) is 1. The number of ether oxygens (including phenoxy) is 2. The van der Waals surface area contributed by atoms with Gasteiger partial charge in [-0.25, -0.2) is 4.68 Å². The number of carbonyl (C=O) groups excluding carboxylic acids is 1. The van der Waals surface area contributed by atoms with Gasteiger partial charge in [-0.15, -0.1) is 0 Å². The molecular formula is C23H24ClN3O3. The van der Waals surface area contributed by atoms with Crippen LogP contribution in [0.25, 0.3) is 5.69 Å². The summed E-state index contributed by atoms with van der Waals surface area (Å²) in [7, 11) is 1.63. The molecule has 7 heteroatoms. The van der Waals surface area contributed by atoms with E-state index < -0.39 is 0 Å². The summed E-state index contributed by atoms with van der Waals surface area (Å²) in [5, 5.41) is 8.16. The van der Waals surface area contributed by atoms with Crippen LogP contribution in [0.4, 0.5) is 5.69 Å². The fourth-order valence-electron chi connectivity index (χ4n) is 3.31. The molecule has 1 fully saturated rings. The summed E-state index contributed by atoms with van der Waals surface area (Å²) in [6.07, 6.45) is 3.73. The Bertz CT molecular complexity index is 1060. The monoisotopic (exact) mass is 425 g/mol. The number of aromatic nitrogens is 2. The van der Waals surface area contributed by atoms with E-state index in [-0.39, 0.29) is 5.91 Å². The van der Waals surface area contributed by atoms with Gasteiger partial charge in [0.1, 0.15) is 12.4 Å². The molecule has 30 heavy (non-hydrogen) atoms. The molecule has 0 saturated heterocycles. The van der Waals surface area contributed by atoms with Gasteiger partial charge in [-0.1, -0.05) is 23.7 Å². The van der Waals surface area contributed by atoms with E-state index in [0.717, 1.165) is 29.8 Å². The topological polar surface area (TPSA) is 65.4 Å². The summed E-state index contributed by atoms with van der Waals surface area (Å²) >= 11 is 6.31. The number of halogens is 1. The Hall–Kier alpha value is -2.83. The number of hydrogen-bond acceptors (Lipinski definition) is 4. The van der Waals surface area contributed by atoms with E-state index >= 15 is 0 Å². The van der Waals surface area contributed by atoms with Crippen LogP contribution in [0.1, 0.15) is 40.4 Å². The maximum Gasteiger partial charge on any atom is 0.259 e. The van der Waals surface area contributed by atoms with Crippen molar-refractivity contribution in [1.29, 1.82) is 0 Å². The third kappa shape index (κ3) is 4.50. The van der Waals surface area contributed by atoms with Gasteiger partial charge in [-0.3, -0.25) is 4.79 Å². The summed E-state index contributed by atoms with van der Waals surface area (Å²) in [5.74, 6) is 0.824. The maximum atomic E-state index is 13.1. The lowest BCUT2D eigenvalue weighted by molar-refractivity contribution is 0.102. The van der Waals surface area contributed by atoms with E-state index in [1.165, 1.54) is 0 Å². The van der Waals surface area contributed by atoms with Crippen molar-refractivity contribution < 1.29 is 14.3 Å². The van der Waals surface area contributed by atoms with Crippen LogP contribution in [0, 0.1) is 6.92 Å². The number of benzene rings is 2. The zero-order valence-electron chi connectivity index (χ0n) is 17.0. The Balaban J connectivity index is 1.57. The van der Waals surface area contributed by atoms with Gasteiger partial charge >= 0.3 is 0 Å². The first-order chi connectivity index (χ1) is 14.6. The Labute approximate surface area is 180 Å². The minimum atomic E-state index is -0.185. The molecule has 1 aliphatic carbocycles. The summed E-state index contributed by atoms with van der Waals surface area (Å²) < 4.78 is 12.5. The van der Waals surface area contributed by atoms with Gasteiger partial charge in [-0.2, -0.15) is 5.10 Å². The van der Waals surface area contributed by atoms with E-state index in [9.17, 15) is 4.79 Å². The lowest BCUT2D eigenvalue weighted by atomic mass is 10.1. The molecule has 0 bridgehead atoms. The SMILES string of the molecule is COCCOc1cccc(NC(=O)c2cnn(-c3ccc(C)c(Cl)c3)c2C2CC2)c1. The van der Waals surface area contributed by atoms with Gasteiger partial charge in [0.25, 0.3) is 5.91 Å². The number of amides is 1. The number of aryl methyl sites for hydroxylation is 1. The highest BCUT2D eigenvalue weighted by molar-refractivity contribution is 6.31. The van der Waals surface area contributed by atoms with E-state index in [2.05, 4.69) is 10.4 Å². The van der Waals surface area contributed by atoms with Crippen molar-refractivity contribution in [3.63, 3.8) is 0 Å². The molecule has 0 aliphatic heterocycles. The standard InChI is InChI=1S/C23H24ClN3O3/c1-15-6-9-18(13-21(15)24)27-22(16-7-8-16)20(14-25-27)23(28)26-17-4-3-5-19(12-17)30-11-10-29-2/h3-6,9,12-14,16H,7-8,10-11H2,1-2H3,(H,26,28). The normalized spacial score (nSPS) is 13.3. The zero-order chi connectivity index (χ0) is 21.1. The largest absolute Gasteiger partial charge is 0.491 e. The molecule has 156 valence electrons. The smallest absolute Gasteiger partial charge is 0.259 e. The molecule has 1 saturated carbocycles. The first kappa shape index (κ1) is 20.4. The molecule has 2 aromatic carbocycles. The highest BCUT2D eigenvalue weighted by atomic mass is 35.5. The molecule has 1 N–H and O–H groups in total. The van der Waals surface area contributed by atoms with Crippen LogP contribution in [0.15, 0.2) is 48.7 Å². The number of nitrogens with zero attached hydrogens (tertiary/aromatic N) is 2. The van der Waals surface area contributed by atoms with Gasteiger partial charge in [-0.05, 0) is 49.6 Å². The predicted octanol–water partition coefficient (Wildman–Crippen LogP) is 4.99. The highest BCUT2D eigenvalue weighted by Crippen LogP contribution is 2.42. The number of anilines is 1. The zero-order valence-corrected chi connectivity index (χ0v) is 17.8. The van der Waals surface area contributed by atoms with Gasteiger partial charge < -0.3 is 14.8 Å². The van der Waals surface area contributed by atoms with Crippen LogP contribution in [-0.4, -0.2) is 36.0 Å². The molecule has 1 aliphatic rings.